The largest absolute Gasteiger partial charge is 0.351 e. The molecule has 0 unspecified atom stereocenters. The van der Waals surface area contributed by atoms with E-state index in [0.717, 1.165) is 0 Å². The Labute approximate surface area is 81.8 Å². The van der Waals surface area contributed by atoms with Crippen LogP contribution in [0.25, 0.3) is 0 Å². The lowest BCUT2D eigenvalue weighted by Gasteiger charge is -1.93. The Kier molecular flexibility index (Phi) is 10.5. The first-order valence-corrected chi connectivity index (χ1v) is 5.34. The molecule has 0 atom stereocenters. The van der Waals surface area contributed by atoms with Crippen molar-refractivity contribution in [2.75, 3.05) is 0 Å². The van der Waals surface area contributed by atoms with Crippen LogP contribution in [0.5, 0.6) is 0 Å². The molecule has 0 aromatic carbocycles. The standard InChI is InChI=1S/C8H18.C3H4N2/c1-3-5-7-8-6-4-2;1-2-5-3-4-1/h3-8H2,1-2H3;1-3H,(H,4,5). The van der Waals surface area contributed by atoms with Gasteiger partial charge in [-0.15, -0.1) is 0 Å². The van der Waals surface area contributed by atoms with Gasteiger partial charge in [-0.05, 0) is 0 Å². The second kappa shape index (κ2) is 11.2. The van der Waals surface area contributed by atoms with Crippen LogP contribution in [-0.2, 0) is 0 Å². The minimum absolute atomic E-state index is 1.36. The van der Waals surface area contributed by atoms with Gasteiger partial charge in [0.15, 0.2) is 0 Å². The van der Waals surface area contributed by atoms with E-state index in [4.69, 9.17) is 0 Å². The average molecular weight is 182 g/mol. The maximum Gasteiger partial charge on any atom is 0.0919 e. The molecule has 1 rings (SSSR count). The van der Waals surface area contributed by atoms with Crippen molar-refractivity contribution in [3.8, 4) is 0 Å². The lowest BCUT2D eigenvalue weighted by molar-refractivity contribution is 0.624. The third-order valence-corrected chi connectivity index (χ3v) is 1.86. The Hall–Kier alpha value is -0.790. The molecule has 76 valence electrons. The van der Waals surface area contributed by atoms with Gasteiger partial charge < -0.3 is 4.98 Å². The normalized spacial score (nSPS) is 9.08. The van der Waals surface area contributed by atoms with Crippen molar-refractivity contribution >= 4 is 0 Å². The number of unbranched alkanes of at least 4 members (excludes halogenated alkanes) is 5. The lowest BCUT2D eigenvalue weighted by Crippen LogP contribution is -1.73. The quantitative estimate of drug-likeness (QED) is 0.690. The highest BCUT2D eigenvalue weighted by atomic mass is 14.8. The predicted molar refractivity (Wildman–Crippen MR) is 57.6 cm³/mol. The smallest absolute Gasteiger partial charge is 0.0919 e. The monoisotopic (exact) mass is 182 g/mol. The summed E-state index contributed by atoms with van der Waals surface area (Å²) < 4.78 is 0. The molecule has 0 saturated heterocycles. The first-order chi connectivity index (χ1) is 6.41. The van der Waals surface area contributed by atoms with Crippen molar-refractivity contribution in [3.63, 3.8) is 0 Å². The number of aromatic nitrogens is 2. The molecule has 0 aliphatic carbocycles. The van der Waals surface area contributed by atoms with Gasteiger partial charge >= 0.3 is 0 Å². The molecule has 1 aromatic heterocycles. The van der Waals surface area contributed by atoms with Crippen LogP contribution in [0.1, 0.15) is 52.4 Å². The highest BCUT2D eigenvalue weighted by Crippen LogP contribution is 2.03. The van der Waals surface area contributed by atoms with Crippen molar-refractivity contribution in [2.24, 2.45) is 0 Å². The molecule has 2 heteroatoms. The van der Waals surface area contributed by atoms with E-state index in [1.807, 2.05) is 0 Å². The van der Waals surface area contributed by atoms with Gasteiger partial charge in [-0.3, -0.25) is 0 Å². The van der Waals surface area contributed by atoms with Crippen LogP contribution < -0.4 is 0 Å². The molecule has 1 aromatic rings. The van der Waals surface area contributed by atoms with E-state index in [1.54, 1.807) is 18.7 Å². The predicted octanol–water partition coefficient (Wildman–Crippen LogP) is 3.78. The van der Waals surface area contributed by atoms with Gasteiger partial charge in [-0.2, -0.15) is 0 Å². The number of hydrogen-bond acceptors (Lipinski definition) is 1. The maximum absolute atomic E-state index is 3.67. The molecule has 13 heavy (non-hydrogen) atoms. The van der Waals surface area contributed by atoms with Crippen molar-refractivity contribution in [1.82, 2.24) is 9.97 Å². The first kappa shape index (κ1) is 12.2. The maximum atomic E-state index is 3.67. The molecular weight excluding hydrogens is 160 g/mol. The number of H-pyrrole nitrogens is 1. The summed E-state index contributed by atoms with van der Waals surface area (Å²) in [7, 11) is 0. The number of nitrogens with zero attached hydrogens (tertiary/aromatic N) is 1. The van der Waals surface area contributed by atoms with Crippen molar-refractivity contribution in [2.45, 2.75) is 52.4 Å². The van der Waals surface area contributed by atoms with Gasteiger partial charge in [0.25, 0.3) is 0 Å². The summed E-state index contributed by atoms with van der Waals surface area (Å²) in [6.07, 6.45) is 13.6. The van der Waals surface area contributed by atoms with E-state index < -0.39 is 0 Å². The Balaban J connectivity index is 0.000000243. The van der Waals surface area contributed by atoms with E-state index in [-0.39, 0.29) is 0 Å². The molecular formula is C11H22N2. The summed E-state index contributed by atoms with van der Waals surface area (Å²) in [5.41, 5.74) is 0. The van der Waals surface area contributed by atoms with Crippen LogP contribution in [0.2, 0.25) is 0 Å². The van der Waals surface area contributed by atoms with Gasteiger partial charge in [0, 0.05) is 12.4 Å². The highest BCUT2D eigenvalue weighted by Gasteiger charge is 1.83. The summed E-state index contributed by atoms with van der Waals surface area (Å²) in [4.78, 5) is 6.42. The molecule has 0 saturated carbocycles. The van der Waals surface area contributed by atoms with Gasteiger partial charge in [-0.25, -0.2) is 4.98 Å². The van der Waals surface area contributed by atoms with Crippen LogP contribution in [0.4, 0.5) is 0 Å². The molecule has 0 aliphatic heterocycles. The molecule has 0 aliphatic rings. The van der Waals surface area contributed by atoms with Gasteiger partial charge in [0.2, 0.25) is 0 Å². The molecule has 1 heterocycles. The minimum Gasteiger partial charge on any atom is -0.351 e. The average Bonchev–Trinajstić information content (AvgIpc) is 2.70. The number of hydrogen-bond donors (Lipinski definition) is 1. The molecule has 2 nitrogen and oxygen atoms in total. The Bertz CT molecular complexity index is 124. The zero-order valence-electron chi connectivity index (χ0n) is 8.92. The van der Waals surface area contributed by atoms with E-state index in [1.165, 1.54) is 38.5 Å². The van der Waals surface area contributed by atoms with Gasteiger partial charge in [0.05, 0.1) is 6.33 Å². The Morgan fingerprint density at radius 3 is 1.85 bits per heavy atom. The topological polar surface area (TPSA) is 28.7 Å². The SMILES string of the molecule is CCCCCCCC.c1c[nH]cn1. The van der Waals surface area contributed by atoms with E-state index >= 15 is 0 Å². The number of aromatic amines is 1. The summed E-state index contributed by atoms with van der Waals surface area (Å²) in [5.74, 6) is 0. The summed E-state index contributed by atoms with van der Waals surface area (Å²) in [6, 6.07) is 0. The van der Waals surface area contributed by atoms with E-state index in [0.29, 0.717) is 0 Å². The third-order valence-electron chi connectivity index (χ3n) is 1.86. The van der Waals surface area contributed by atoms with E-state index in [2.05, 4.69) is 23.8 Å². The van der Waals surface area contributed by atoms with Crippen molar-refractivity contribution in [3.05, 3.63) is 18.7 Å². The molecule has 0 fully saturated rings. The Morgan fingerprint density at radius 2 is 1.62 bits per heavy atom. The molecule has 0 bridgehead atoms. The van der Waals surface area contributed by atoms with E-state index in [9.17, 15) is 0 Å². The minimum atomic E-state index is 1.36. The first-order valence-electron chi connectivity index (χ1n) is 5.34. The second-order valence-electron chi connectivity index (χ2n) is 3.17. The summed E-state index contributed by atoms with van der Waals surface area (Å²) >= 11 is 0. The molecule has 0 spiro atoms. The van der Waals surface area contributed by atoms with Crippen molar-refractivity contribution in [1.29, 1.82) is 0 Å². The second-order valence-corrected chi connectivity index (χ2v) is 3.17. The zero-order chi connectivity index (χ0) is 9.78. The summed E-state index contributed by atoms with van der Waals surface area (Å²) in [6.45, 7) is 4.51. The lowest BCUT2D eigenvalue weighted by atomic mass is 10.1. The van der Waals surface area contributed by atoms with Crippen molar-refractivity contribution < 1.29 is 0 Å². The molecule has 0 amide bonds. The number of nitrogens with one attached hydrogen (secondary N) is 1. The number of imidazole rings is 1. The summed E-state index contributed by atoms with van der Waals surface area (Å²) in [5, 5.41) is 0. The Morgan fingerprint density at radius 1 is 1.00 bits per heavy atom. The fraction of sp³-hybridized carbons (Fsp3) is 0.727. The molecule has 0 radical (unpaired) electrons. The van der Waals surface area contributed by atoms with Gasteiger partial charge in [-0.1, -0.05) is 52.4 Å². The van der Waals surface area contributed by atoms with Gasteiger partial charge in [0.1, 0.15) is 0 Å². The third kappa shape index (κ3) is 11.2. The zero-order valence-corrected chi connectivity index (χ0v) is 8.92. The van der Waals surface area contributed by atoms with Crippen LogP contribution in [-0.4, -0.2) is 9.97 Å². The van der Waals surface area contributed by atoms with Crippen LogP contribution in [0, 0.1) is 0 Å². The van der Waals surface area contributed by atoms with Crippen LogP contribution in [0.3, 0.4) is 0 Å². The molecule has 1 N–H and O–H groups in total. The van der Waals surface area contributed by atoms with Crippen LogP contribution >= 0.6 is 0 Å². The fourth-order valence-corrected chi connectivity index (χ4v) is 1.07. The van der Waals surface area contributed by atoms with Crippen LogP contribution in [0.15, 0.2) is 18.7 Å². The fourth-order valence-electron chi connectivity index (χ4n) is 1.07. The highest BCUT2D eigenvalue weighted by molar-refractivity contribution is 4.64. The number of rotatable bonds is 5.